The average Bonchev–Trinajstić information content (AvgIpc) is 2.27. The molecule has 100 valence electrons. The molecule has 4 nitrogen and oxygen atoms in total. The van der Waals surface area contributed by atoms with E-state index in [1.165, 1.54) is 0 Å². The highest BCUT2D eigenvalue weighted by atomic mass is 32.2. The lowest BCUT2D eigenvalue weighted by Crippen LogP contribution is -2.23. The Morgan fingerprint density at radius 2 is 1.33 bits per heavy atom. The highest BCUT2D eigenvalue weighted by molar-refractivity contribution is 7.94. The Morgan fingerprint density at radius 1 is 0.944 bits per heavy atom. The largest absolute Gasteiger partial charge is 0.501 e. The second kappa shape index (κ2) is 4.39. The van der Waals surface area contributed by atoms with Crippen LogP contribution in [0, 0.1) is 0 Å². The van der Waals surface area contributed by atoms with Gasteiger partial charge in [0.25, 0.3) is 9.84 Å². The van der Waals surface area contributed by atoms with Crippen LogP contribution in [0.25, 0.3) is 0 Å². The maximum absolute atomic E-state index is 12.2. The maximum Gasteiger partial charge on any atom is 0.501 e. The van der Waals surface area contributed by atoms with Gasteiger partial charge in [0.1, 0.15) is 0 Å². The summed E-state index contributed by atoms with van der Waals surface area (Å²) in [6, 6.07) is 2.71. The average molecular weight is 300 g/mol. The number of alkyl halides is 3. The molecule has 0 aliphatic carbocycles. The third kappa shape index (κ3) is 2.56. The van der Waals surface area contributed by atoms with Gasteiger partial charge >= 0.3 is 5.51 Å². The van der Waals surface area contributed by atoms with E-state index in [0.717, 1.165) is 12.1 Å². The van der Waals surface area contributed by atoms with E-state index in [0.29, 0.717) is 17.5 Å². The molecule has 18 heavy (non-hydrogen) atoms. The number of benzene rings is 1. The van der Waals surface area contributed by atoms with Crippen molar-refractivity contribution < 1.29 is 30.0 Å². The Labute approximate surface area is 102 Å². The molecule has 0 unspecified atom stereocenters. The van der Waals surface area contributed by atoms with Crippen LogP contribution in [0.2, 0.25) is 0 Å². The van der Waals surface area contributed by atoms with E-state index >= 15 is 0 Å². The molecule has 0 amide bonds. The molecule has 0 aliphatic rings. The van der Waals surface area contributed by atoms with E-state index in [-0.39, 0.29) is 4.90 Å². The van der Waals surface area contributed by atoms with Gasteiger partial charge in [-0.25, -0.2) is 16.8 Å². The van der Waals surface area contributed by atoms with Crippen LogP contribution in [0.5, 0.6) is 0 Å². The first kappa shape index (κ1) is 14.7. The zero-order valence-corrected chi connectivity index (χ0v) is 10.3. The number of rotatable bonds is 3. The minimum atomic E-state index is -5.47. The van der Waals surface area contributed by atoms with E-state index in [1.54, 1.807) is 0 Å². The second-order valence-corrected chi connectivity index (χ2v) is 6.97. The molecule has 1 aromatic carbocycles. The van der Waals surface area contributed by atoms with Gasteiger partial charge in [-0.1, -0.05) is 6.58 Å². The predicted molar refractivity (Wildman–Crippen MR) is 57.1 cm³/mol. The Bertz CT molecular complexity index is 655. The lowest BCUT2D eigenvalue weighted by Gasteiger charge is -2.08. The van der Waals surface area contributed by atoms with Gasteiger partial charge in [-0.15, -0.1) is 0 Å². The molecular formula is C9H7F3O4S2. The van der Waals surface area contributed by atoms with Gasteiger partial charge in [0.05, 0.1) is 9.79 Å². The van der Waals surface area contributed by atoms with Gasteiger partial charge < -0.3 is 0 Å². The third-order valence-corrected chi connectivity index (χ3v) is 4.86. The van der Waals surface area contributed by atoms with Gasteiger partial charge in [-0.2, -0.15) is 13.2 Å². The van der Waals surface area contributed by atoms with Gasteiger partial charge in [-0.3, -0.25) is 0 Å². The van der Waals surface area contributed by atoms with Crippen molar-refractivity contribution >= 4 is 19.7 Å². The van der Waals surface area contributed by atoms with Gasteiger partial charge in [0.15, 0.2) is 9.84 Å². The summed E-state index contributed by atoms with van der Waals surface area (Å²) in [6.45, 7) is 3.03. The van der Waals surface area contributed by atoms with Crippen molar-refractivity contribution in [2.75, 3.05) is 0 Å². The first-order valence-corrected chi connectivity index (χ1v) is 7.34. The monoisotopic (exact) mass is 300 g/mol. The van der Waals surface area contributed by atoms with Crippen molar-refractivity contribution in [1.29, 1.82) is 0 Å². The Kier molecular flexibility index (Phi) is 3.59. The topological polar surface area (TPSA) is 68.3 Å². The highest BCUT2D eigenvalue weighted by Crippen LogP contribution is 2.30. The molecule has 0 heterocycles. The van der Waals surface area contributed by atoms with Crippen LogP contribution in [0.4, 0.5) is 13.2 Å². The Morgan fingerprint density at radius 3 is 1.67 bits per heavy atom. The van der Waals surface area contributed by atoms with Gasteiger partial charge in [-0.05, 0) is 24.3 Å². The summed E-state index contributed by atoms with van der Waals surface area (Å²) in [4.78, 5) is -1.35. The highest BCUT2D eigenvalue weighted by Gasteiger charge is 2.46. The van der Waals surface area contributed by atoms with Crippen LogP contribution in [0.15, 0.2) is 46.0 Å². The minimum absolute atomic E-state index is 0.335. The van der Waals surface area contributed by atoms with Gasteiger partial charge in [0.2, 0.25) is 0 Å². The lowest BCUT2D eigenvalue weighted by atomic mass is 10.4. The molecule has 1 aromatic rings. The molecule has 0 atom stereocenters. The standard InChI is InChI=1S/C9H7F3O4S2/c1-2-17(13,14)7-3-5-8(6-4-7)18(15,16)9(10,11)12/h2-6H,1H2. The molecule has 0 bridgehead atoms. The van der Waals surface area contributed by atoms with Gasteiger partial charge in [0, 0.05) is 5.41 Å². The van der Waals surface area contributed by atoms with E-state index in [1.807, 2.05) is 0 Å². The fourth-order valence-electron chi connectivity index (χ4n) is 1.04. The van der Waals surface area contributed by atoms with Crippen LogP contribution < -0.4 is 0 Å². The van der Waals surface area contributed by atoms with Crippen LogP contribution in [-0.2, 0) is 19.7 Å². The summed E-state index contributed by atoms with van der Waals surface area (Å²) >= 11 is 0. The van der Waals surface area contributed by atoms with E-state index < -0.39 is 30.1 Å². The number of sulfone groups is 2. The summed E-state index contributed by atoms with van der Waals surface area (Å²) in [5.74, 6) is 0. The fourth-order valence-corrected chi connectivity index (χ4v) is 2.51. The Hall–Kier alpha value is -1.35. The SMILES string of the molecule is C=CS(=O)(=O)c1ccc(S(=O)(=O)C(F)(F)F)cc1. The zero-order valence-electron chi connectivity index (χ0n) is 8.68. The van der Waals surface area contributed by atoms with Crippen molar-refractivity contribution in [2.45, 2.75) is 15.3 Å². The first-order valence-electron chi connectivity index (χ1n) is 4.31. The molecule has 0 saturated heterocycles. The number of hydrogen-bond acceptors (Lipinski definition) is 4. The first-order chi connectivity index (χ1) is 8.02. The van der Waals surface area contributed by atoms with Crippen molar-refractivity contribution in [3.63, 3.8) is 0 Å². The molecule has 0 fully saturated rings. The summed E-state index contributed by atoms with van der Waals surface area (Å²) in [7, 11) is -9.27. The molecule has 0 spiro atoms. The third-order valence-electron chi connectivity index (χ3n) is 1.99. The van der Waals surface area contributed by atoms with Crippen molar-refractivity contribution in [3.05, 3.63) is 36.3 Å². The maximum atomic E-state index is 12.2. The van der Waals surface area contributed by atoms with Crippen LogP contribution in [0.1, 0.15) is 0 Å². The lowest BCUT2D eigenvalue weighted by molar-refractivity contribution is -0.0436. The summed E-state index contributed by atoms with van der Waals surface area (Å²) in [6.07, 6.45) is 0. The molecular weight excluding hydrogens is 293 g/mol. The Balaban J connectivity index is 3.33. The molecule has 9 heteroatoms. The molecule has 0 radical (unpaired) electrons. The summed E-state index contributed by atoms with van der Waals surface area (Å²) in [5, 5.41) is 0.611. The molecule has 1 rings (SSSR count). The molecule has 0 N–H and O–H groups in total. The summed E-state index contributed by atoms with van der Waals surface area (Å²) < 4.78 is 81.1. The van der Waals surface area contributed by atoms with E-state index in [4.69, 9.17) is 0 Å². The minimum Gasteiger partial charge on any atom is -0.219 e. The van der Waals surface area contributed by atoms with E-state index in [2.05, 4.69) is 6.58 Å². The molecule has 0 aromatic heterocycles. The van der Waals surface area contributed by atoms with E-state index in [9.17, 15) is 30.0 Å². The quantitative estimate of drug-likeness (QED) is 0.855. The number of halogens is 3. The van der Waals surface area contributed by atoms with Crippen molar-refractivity contribution in [3.8, 4) is 0 Å². The van der Waals surface area contributed by atoms with Crippen molar-refractivity contribution in [1.82, 2.24) is 0 Å². The van der Waals surface area contributed by atoms with Crippen LogP contribution in [0.3, 0.4) is 0 Å². The van der Waals surface area contributed by atoms with Crippen molar-refractivity contribution in [2.24, 2.45) is 0 Å². The molecule has 0 aliphatic heterocycles. The zero-order chi connectivity index (χ0) is 14.2. The molecule has 0 saturated carbocycles. The second-order valence-electron chi connectivity index (χ2n) is 3.13. The normalized spacial score (nSPS) is 13.3. The predicted octanol–water partition coefficient (Wildman–Crippen LogP) is 1.90. The summed E-state index contributed by atoms with van der Waals surface area (Å²) in [5.41, 5.74) is -5.42. The smallest absolute Gasteiger partial charge is 0.219 e. The number of hydrogen-bond donors (Lipinski definition) is 0. The van der Waals surface area contributed by atoms with Crippen LogP contribution >= 0.6 is 0 Å². The van der Waals surface area contributed by atoms with Crippen LogP contribution in [-0.4, -0.2) is 22.3 Å². The fraction of sp³-hybridized carbons (Fsp3) is 0.111.